The zero-order chi connectivity index (χ0) is 19.5. The van der Waals surface area contributed by atoms with E-state index in [0.717, 1.165) is 17.7 Å². The van der Waals surface area contributed by atoms with E-state index in [4.69, 9.17) is 9.47 Å². The quantitative estimate of drug-likeness (QED) is 0.522. The number of benzene rings is 2. The van der Waals surface area contributed by atoms with Gasteiger partial charge in [0.2, 0.25) is 0 Å². The molecule has 5 nitrogen and oxygen atoms in total. The van der Waals surface area contributed by atoms with Gasteiger partial charge in [-0.1, -0.05) is 36.4 Å². The molecule has 0 amide bonds. The normalized spacial score (nSPS) is 12.5. The van der Waals surface area contributed by atoms with Crippen molar-refractivity contribution in [2.24, 2.45) is 4.99 Å². The number of rotatable bonds is 9. The van der Waals surface area contributed by atoms with E-state index >= 15 is 0 Å². The molecule has 2 aromatic carbocycles. The van der Waals surface area contributed by atoms with Gasteiger partial charge in [0.05, 0.1) is 19.7 Å². The van der Waals surface area contributed by atoms with Crippen LogP contribution in [0, 0.1) is 5.82 Å². The molecule has 2 N–H and O–H groups in total. The van der Waals surface area contributed by atoms with Gasteiger partial charge >= 0.3 is 0 Å². The molecule has 0 saturated heterocycles. The maximum Gasteiger partial charge on any atom is 0.191 e. The van der Waals surface area contributed by atoms with Crippen molar-refractivity contribution in [1.29, 1.82) is 0 Å². The molecule has 0 fully saturated rings. The predicted octanol–water partition coefficient (Wildman–Crippen LogP) is 3.49. The minimum Gasteiger partial charge on any atom is -0.486 e. The zero-order valence-electron chi connectivity index (χ0n) is 16.2. The number of methoxy groups -OCH3 is 1. The smallest absolute Gasteiger partial charge is 0.191 e. The highest BCUT2D eigenvalue weighted by Crippen LogP contribution is 2.16. The molecule has 0 saturated carbocycles. The number of nitrogens with zero attached hydrogens (tertiary/aromatic N) is 1. The Morgan fingerprint density at radius 3 is 2.48 bits per heavy atom. The van der Waals surface area contributed by atoms with Gasteiger partial charge in [0.25, 0.3) is 0 Å². The van der Waals surface area contributed by atoms with E-state index in [2.05, 4.69) is 15.6 Å². The summed E-state index contributed by atoms with van der Waals surface area (Å²) in [6, 6.07) is 14.5. The number of guanidine groups is 1. The van der Waals surface area contributed by atoms with Crippen molar-refractivity contribution in [3.63, 3.8) is 0 Å². The minimum atomic E-state index is -0.361. The van der Waals surface area contributed by atoms with Crippen LogP contribution in [0.4, 0.5) is 4.39 Å². The molecule has 27 heavy (non-hydrogen) atoms. The minimum absolute atomic E-state index is 0.216. The molecule has 0 heterocycles. The average Bonchev–Trinajstić information content (AvgIpc) is 2.67. The summed E-state index contributed by atoms with van der Waals surface area (Å²) in [7, 11) is 1.68. The van der Waals surface area contributed by atoms with Crippen molar-refractivity contribution in [2.75, 3.05) is 20.2 Å². The van der Waals surface area contributed by atoms with E-state index in [0.29, 0.717) is 25.7 Å². The highest BCUT2D eigenvalue weighted by atomic mass is 19.1. The second-order valence-corrected chi connectivity index (χ2v) is 6.14. The first-order valence-corrected chi connectivity index (χ1v) is 9.13. The van der Waals surface area contributed by atoms with Crippen LogP contribution in [0.5, 0.6) is 5.75 Å². The molecule has 2 aromatic rings. The van der Waals surface area contributed by atoms with Gasteiger partial charge in [0, 0.05) is 13.7 Å². The summed E-state index contributed by atoms with van der Waals surface area (Å²) in [6.45, 7) is 6.24. The Labute approximate surface area is 160 Å². The lowest BCUT2D eigenvalue weighted by atomic mass is 10.1. The standard InChI is InChI=1S/C21H28FN3O2/c1-4-23-21(25-14-17-9-5-6-10-18(17)15-26-3)24-13-16(2)27-20-12-8-7-11-19(20)22/h5-12,16H,4,13-15H2,1-3H3,(H2,23,24,25). The number of para-hydroxylation sites is 1. The van der Waals surface area contributed by atoms with Crippen LogP contribution in [0.3, 0.4) is 0 Å². The topological polar surface area (TPSA) is 54.9 Å². The second kappa shape index (κ2) is 11.2. The largest absolute Gasteiger partial charge is 0.486 e. The van der Waals surface area contributed by atoms with Gasteiger partial charge in [-0.25, -0.2) is 9.38 Å². The van der Waals surface area contributed by atoms with E-state index in [9.17, 15) is 4.39 Å². The van der Waals surface area contributed by atoms with E-state index < -0.39 is 0 Å². The van der Waals surface area contributed by atoms with Crippen LogP contribution in [-0.2, 0) is 17.9 Å². The third-order valence-electron chi connectivity index (χ3n) is 3.89. The Balaban J connectivity index is 1.94. The SMILES string of the molecule is CCNC(=NCc1ccccc1COC)NCC(C)Oc1ccccc1F. The number of ether oxygens (including phenoxy) is 2. The molecule has 0 bridgehead atoms. The Kier molecular flexibility index (Phi) is 8.58. The molecule has 0 aliphatic heterocycles. The van der Waals surface area contributed by atoms with Crippen LogP contribution in [-0.4, -0.2) is 32.3 Å². The highest BCUT2D eigenvalue weighted by Gasteiger charge is 2.09. The van der Waals surface area contributed by atoms with Gasteiger partial charge in [0.1, 0.15) is 6.10 Å². The average molecular weight is 373 g/mol. The van der Waals surface area contributed by atoms with Crippen LogP contribution >= 0.6 is 0 Å². The Hall–Kier alpha value is -2.60. The molecule has 146 valence electrons. The van der Waals surface area contributed by atoms with Crippen molar-refractivity contribution in [3.05, 3.63) is 65.5 Å². The van der Waals surface area contributed by atoms with Crippen molar-refractivity contribution in [3.8, 4) is 5.75 Å². The summed E-state index contributed by atoms with van der Waals surface area (Å²) in [5.41, 5.74) is 2.24. The molecule has 0 aliphatic carbocycles. The second-order valence-electron chi connectivity index (χ2n) is 6.14. The summed E-state index contributed by atoms with van der Waals surface area (Å²) in [5.74, 6) is 0.579. The molecule has 0 radical (unpaired) electrons. The van der Waals surface area contributed by atoms with Crippen LogP contribution in [0.25, 0.3) is 0 Å². The molecule has 2 rings (SSSR count). The van der Waals surface area contributed by atoms with Crippen molar-refractivity contribution < 1.29 is 13.9 Å². The first-order valence-electron chi connectivity index (χ1n) is 9.13. The molecule has 1 atom stereocenters. The molecule has 1 unspecified atom stereocenters. The van der Waals surface area contributed by atoms with Gasteiger partial charge in [-0.15, -0.1) is 0 Å². The van der Waals surface area contributed by atoms with Gasteiger partial charge in [-0.2, -0.15) is 0 Å². The fraction of sp³-hybridized carbons (Fsp3) is 0.381. The van der Waals surface area contributed by atoms with Gasteiger partial charge in [-0.3, -0.25) is 0 Å². The van der Waals surface area contributed by atoms with E-state index in [1.165, 1.54) is 6.07 Å². The molecule has 0 aromatic heterocycles. The van der Waals surface area contributed by atoms with Crippen LogP contribution in [0.1, 0.15) is 25.0 Å². The maximum atomic E-state index is 13.7. The predicted molar refractivity (Wildman–Crippen MR) is 106 cm³/mol. The van der Waals surface area contributed by atoms with Crippen molar-refractivity contribution >= 4 is 5.96 Å². The number of hydrogen-bond donors (Lipinski definition) is 2. The summed E-state index contributed by atoms with van der Waals surface area (Å²) < 4.78 is 24.6. The summed E-state index contributed by atoms with van der Waals surface area (Å²) in [4.78, 5) is 4.63. The molecule has 0 aliphatic rings. The maximum absolute atomic E-state index is 13.7. The monoisotopic (exact) mass is 373 g/mol. The number of aliphatic imine (C=N–C) groups is 1. The van der Waals surface area contributed by atoms with Crippen molar-refractivity contribution in [1.82, 2.24) is 10.6 Å². The fourth-order valence-corrected chi connectivity index (χ4v) is 2.55. The Bertz CT molecular complexity index is 737. The first kappa shape index (κ1) is 20.7. The van der Waals surface area contributed by atoms with E-state index in [-0.39, 0.29) is 17.7 Å². The third-order valence-corrected chi connectivity index (χ3v) is 3.89. The first-order chi connectivity index (χ1) is 13.1. The Morgan fingerprint density at radius 2 is 1.78 bits per heavy atom. The van der Waals surface area contributed by atoms with Crippen LogP contribution < -0.4 is 15.4 Å². The fourth-order valence-electron chi connectivity index (χ4n) is 2.55. The molecular formula is C21H28FN3O2. The lowest BCUT2D eigenvalue weighted by Gasteiger charge is -2.18. The summed E-state index contributed by atoms with van der Waals surface area (Å²) >= 11 is 0. The van der Waals surface area contributed by atoms with E-state index in [1.54, 1.807) is 25.3 Å². The van der Waals surface area contributed by atoms with Crippen LogP contribution in [0.2, 0.25) is 0 Å². The molecule has 0 spiro atoms. The number of halogens is 1. The summed E-state index contributed by atoms with van der Waals surface area (Å²) in [5, 5.41) is 6.45. The van der Waals surface area contributed by atoms with Crippen molar-refractivity contribution in [2.45, 2.75) is 33.1 Å². The molecule has 6 heteroatoms. The lowest BCUT2D eigenvalue weighted by Crippen LogP contribution is -2.41. The molecular weight excluding hydrogens is 345 g/mol. The zero-order valence-corrected chi connectivity index (χ0v) is 16.2. The number of nitrogens with one attached hydrogen (secondary N) is 2. The highest BCUT2D eigenvalue weighted by molar-refractivity contribution is 5.79. The Morgan fingerprint density at radius 1 is 1.07 bits per heavy atom. The summed E-state index contributed by atoms with van der Waals surface area (Å²) in [6.07, 6.45) is -0.216. The number of hydrogen-bond acceptors (Lipinski definition) is 3. The van der Waals surface area contributed by atoms with Gasteiger partial charge in [-0.05, 0) is 37.1 Å². The lowest BCUT2D eigenvalue weighted by molar-refractivity contribution is 0.184. The third kappa shape index (κ3) is 6.90. The van der Waals surface area contributed by atoms with Gasteiger partial charge < -0.3 is 20.1 Å². The van der Waals surface area contributed by atoms with Crippen LogP contribution in [0.15, 0.2) is 53.5 Å². The van der Waals surface area contributed by atoms with E-state index in [1.807, 2.05) is 38.1 Å². The van der Waals surface area contributed by atoms with Gasteiger partial charge in [0.15, 0.2) is 17.5 Å².